The molecule has 4 heteroatoms. The summed E-state index contributed by atoms with van der Waals surface area (Å²) in [4.78, 5) is 0. The molecule has 96 valence electrons. The van der Waals surface area contributed by atoms with Crippen LogP contribution in [0, 0.1) is 0 Å². The minimum atomic E-state index is -0.677. The first kappa shape index (κ1) is 14.2. The van der Waals surface area contributed by atoms with E-state index in [2.05, 4.69) is 42.7 Å². The molecule has 0 heterocycles. The third kappa shape index (κ3) is 3.56. The van der Waals surface area contributed by atoms with E-state index in [1.165, 1.54) is 5.69 Å². The van der Waals surface area contributed by atoms with Gasteiger partial charge in [0.05, 0.1) is 0 Å². The van der Waals surface area contributed by atoms with E-state index in [0.29, 0.717) is 0 Å². The molecule has 0 unspecified atom stereocenters. The van der Waals surface area contributed by atoms with Crippen LogP contribution in [-0.4, -0.2) is 35.9 Å². The Hall–Kier alpha value is -0.843. The molecule has 0 saturated heterocycles. The Bertz CT molecular complexity index is 306. The average Bonchev–Trinajstić information content (AvgIpc) is 2.42. The van der Waals surface area contributed by atoms with Crippen LogP contribution in [-0.2, 0) is 9.47 Å². The Kier molecular flexibility index (Phi) is 5.68. The van der Waals surface area contributed by atoms with Gasteiger partial charge in [-0.1, -0.05) is 25.1 Å². The smallest absolute Gasteiger partial charge is 0.192 e. The number of methoxy groups -OCH3 is 2. The number of hydrogen-bond acceptors (Lipinski definition) is 3. The number of anilines is 1. The van der Waals surface area contributed by atoms with Gasteiger partial charge in [-0.15, -0.1) is 0 Å². The Balaban J connectivity index is 2.82. The van der Waals surface area contributed by atoms with Gasteiger partial charge in [0.15, 0.2) is 15.1 Å². The van der Waals surface area contributed by atoms with Crippen LogP contribution in [0.2, 0.25) is 0 Å². The number of benzene rings is 1. The molecule has 0 atom stereocenters. The molecule has 0 aromatic heterocycles. The third-order valence-electron chi connectivity index (χ3n) is 3.22. The Morgan fingerprint density at radius 3 is 2.12 bits per heavy atom. The second kappa shape index (κ2) is 6.79. The monoisotopic (exact) mass is 253 g/mol. The molecule has 1 aromatic rings. The Labute approximate surface area is 107 Å². The van der Waals surface area contributed by atoms with Crippen LogP contribution in [0.3, 0.4) is 0 Å². The third-order valence-corrected chi connectivity index (χ3v) is 5.97. The second-order valence-corrected chi connectivity index (χ2v) is 6.18. The van der Waals surface area contributed by atoms with Crippen LogP contribution in [0.15, 0.2) is 30.3 Å². The van der Waals surface area contributed by atoms with Crippen molar-refractivity contribution in [1.29, 1.82) is 0 Å². The topological polar surface area (TPSA) is 21.7 Å². The fraction of sp³-hybridized carbons (Fsp3) is 0.538. The van der Waals surface area contributed by atoms with E-state index in [9.17, 15) is 0 Å². The molecule has 3 nitrogen and oxygen atoms in total. The highest BCUT2D eigenvalue weighted by molar-refractivity contribution is 6.44. The van der Waals surface area contributed by atoms with Crippen molar-refractivity contribution in [2.45, 2.75) is 25.7 Å². The normalized spacial score (nSPS) is 12.2. The zero-order valence-electron chi connectivity index (χ0n) is 11.3. The summed E-state index contributed by atoms with van der Waals surface area (Å²) in [6.45, 7) is 5.27. The van der Waals surface area contributed by atoms with Gasteiger partial charge >= 0.3 is 0 Å². The molecule has 0 N–H and O–H groups in total. The van der Waals surface area contributed by atoms with E-state index in [1.807, 2.05) is 6.07 Å². The van der Waals surface area contributed by atoms with Crippen molar-refractivity contribution < 1.29 is 9.47 Å². The van der Waals surface area contributed by atoms with Gasteiger partial charge in [-0.2, -0.15) is 0 Å². The molecule has 0 aliphatic heterocycles. The lowest BCUT2D eigenvalue weighted by molar-refractivity contribution is -0.146. The number of rotatable bonds is 7. The zero-order chi connectivity index (χ0) is 12.7. The van der Waals surface area contributed by atoms with E-state index >= 15 is 0 Å². The molecule has 0 aliphatic carbocycles. The summed E-state index contributed by atoms with van der Waals surface area (Å²) in [6, 6.07) is 10.5. The molecule has 0 fully saturated rings. The predicted molar refractivity (Wildman–Crippen MR) is 75.0 cm³/mol. The summed E-state index contributed by atoms with van der Waals surface area (Å²) in [7, 11) is 2.79. The fourth-order valence-corrected chi connectivity index (χ4v) is 3.61. The van der Waals surface area contributed by atoms with E-state index in [4.69, 9.17) is 9.47 Å². The summed E-state index contributed by atoms with van der Waals surface area (Å²) >= 11 is 0. The Morgan fingerprint density at radius 1 is 1.12 bits per heavy atom. The largest absolute Gasteiger partial charge is 0.398 e. The minimum Gasteiger partial charge on any atom is -0.398 e. The highest BCUT2D eigenvalue weighted by atomic mass is 28.2. The van der Waals surface area contributed by atoms with E-state index in [0.717, 1.165) is 13.0 Å². The summed E-state index contributed by atoms with van der Waals surface area (Å²) < 4.78 is 13.6. The molecule has 0 spiro atoms. The lowest BCUT2D eigenvalue weighted by Crippen LogP contribution is -2.49. The van der Waals surface area contributed by atoms with Crippen LogP contribution in [0.25, 0.3) is 0 Å². The van der Waals surface area contributed by atoms with E-state index < -0.39 is 9.68 Å². The van der Waals surface area contributed by atoms with Crippen molar-refractivity contribution in [2.24, 2.45) is 0 Å². The van der Waals surface area contributed by atoms with Crippen LogP contribution >= 0.6 is 0 Å². The molecule has 0 bridgehead atoms. The molecule has 0 radical (unpaired) electrons. The lowest BCUT2D eigenvalue weighted by Gasteiger charge is -2.35. The SMILES string of the molecule is CCN([SiH2]C(CC)(OC)OC)c1ccccc1. The highest BCUT2D eigenvalue weighted by Gasteiger charge is 2.30. The van der Waals surface area contributed by atoms with Crippen LogP contribution < -0.4 is 4.57 Å². The molecule has 1 aromatic carbocycles. The van der Waals surface area contributed by atoms with Gasteiger partial charge in [0, 0.05) is 26.5 Å². The molecular formula is C13H23NO2Si. The molecule has 0 saturated carbocycles. The zero-order valence-corrected chi connectivity index (χ0v) is 12.7. The number of hydrogen-bond donors (Lipinski definition) is 0. The van der Waals surface area contributed by atoms with Crippen molar-refractivity contribution in [3.05, 3.63) is 30.3 Å². The lowest BCUT2D eigenvalue weighted by atomic mass is 10.3. The predicted octanol–water partition coefficient (Wildman–Crippen LogP) is 1.95. The van der Waals surface area contributed by atoms with Crippen molar-refractivity contribution >= 4 is 15.4 Å². The van der Waals surface area contributed by atoms with Gasteiger partial charge in [0.2, 0.25) is 0 Å². The van der Waals surface area contributed by atoms with Gasteiger partial charge in [0.25, 0.3) is 0 Å². The molecule has 17 heavy (non-hydrogen) atoms. The number of nitrogens with zero attached hydrogens (tertiary/aromatic N) is 1. The molecular weight excluding hydrogens is 230 g/mol. The first-order valence-corrected chi connectivity index (χ1v) is 7.45. The van der Waals surface area contributed by atoms with Gasteiger partial charge in [-0.05, 0) is 25.5 Å². The maximum absolute atomic E-state index is 5.59. The summed E-state index contributed by atoms with van der Waals surface area (Å²) in [5.41, 5.74) is 0.875. The van der Waals surface area contributed by atoms with Crippen molar-refractivity contribution in [3.8, 4) is 0 Å². The van der Waals surface area contributed by atoms with Crippen molar-refractivity contribution in [3.63, 3.8) is 0 Å². The van der Waals surface area contributed by atoms with Crippen LogP contribution in [0.5, 0.6) is 0 Å². The van der Waals surface area contributed by atoms with E-state index in [-0.39, 0.29) is 5.41 Å². The molecule has 0 aliphatic rings. The molecule has 0 amide bonds. The number of para-hydroxylation sites is 1. The summed E-state index contributed by atoms with van der Waals surface area (Å²) in [6.07, 6.45) is 0.884. The van der Waals surface area contributed by atoms with Crippen molar-refractivity contribution in [1.82, 2.24) is 0 Å². The maximum atomic E-state index is 5.59. The van der Waals surface area contributed by atoms with E-state index in [1.54, 1.807) is 14.2 Å². The highest BCUT2D eigenvalue weighted by Crippen LogP contribution is 2.20. The molecule has 1 rings (SSSR count). The van der Waals surface area contributed by atoms with Gasteiger partial charge in [0.1, 0.15) is 0 Å². The standard InChI is InChI=1S/C13H23NO2Si/c1-5-13(15-3,16-4)17-14(6-2)12-10-8-7-9-11-12/h7-11H,5-6,17H2,1-4H3. The number of ether oxygens (including phenoxy) is 2. The van der Waals surface area contributed by atoms with Gasteiger partial charge < -0.3 is 14.0 Å². The van der Waals surface area contributed by atoms with Gasteiger partial charge in [-0.3, -0.25) is 0 Å². The quantitative estimate of drug-likeness (QED) is 0.548. The first-order valence-electron chi connectivity index (χ1n) is 6.11. The second-order valence-electron chi connectivity index (χ2n) is 4.02. The van der Waals surface area contributed by atoms with Crippen LogP contribution in [0.4, 0.5) is 5.69 Å². The minimum absolute atomic E-state index is 0.383. The van der Waals surface area contributed by atoms with Crippen LogP contribution in [0.1, 0.15) is 20.3 Å². The first-order chi connectivity index (χ1) is 8.21. The average molecular weight is 253 g/mol. The van der Waals surface area contributed by atoms with Gasteiger partial charge in [-0.25, -0.2) is 0 Å². The summed E-state index contributed by atoms with van der Waals surface area (Å²) in [5, 5.41) is 0. The maximum Gasteiger partial charge on any atom is 0.192 e. The summed E-state index contributed by atoms with van der Waals surface area (Å²) in [5.74, 6) is 0. The Morgan fingerprint density at radius 2 is 1.71 bits per heavy atom. The van der Waals surface area contributed by atoms with Crippen molar-refractivity contribution in [2.75, 3.05) is 25.3 Å². The fourth-order valence-electron chi connectivity index (χ4n) is 1.93.